The number of ketones is 2. The second-order valence-electron chi connectivity index (χ2n) is 7.61. The fourth-order valence-electron chi connectivity index (χ4n) is 3.72. The molecule has 0 radical (unpaired) electrons. The average molecular weight is 437 g/mol. The van der Waals surface area contributed by atoms with Gasteiger partial charge in [0, 0.05) is 37.8 Å². The molecular weight excluding hydrogens is 412 g/mol. The lowest BCUT2D eigenvalue weighted by atomic mass is 9.70. The van der Waals surface area contributed by atoms with E-state index < -0.39 is 22.4 Å². The number of methoxy groups -OCH3 is 2. The lowest BCUT2D eigenvalue weighted by Crippen LogP contribution is -2.58. The molecule has 1 aliphatic heterocycles. The Hall–Kier alpha value is -2.19. The highest BCUT2D eigenvalue weighted by atomic mass is 35.5. The van der Waals surface area contributed by atoms with Crippen molar-refractivity contribution in [2.45, 2.75) is 36.8 Å². The molecule has 30 heavy (non-hydrogen) atoms. The maximum atomic E-state index is 13.8. The minimum Gasteiger partial charge on any atom is -0.467 e. The summed E-state index contributed by atoms with van der Waals surface area (Å²) in [5, 5.41) is -0.601. The highest BCUT2D eigenvalue weighted by molar-refractivity contribution is 6.30. The van der Waals surface area contributed by atoms with Gasteiger partial charge in [-0.25, -0.2) is 0 Å². The Morgan fingerprint density at radius 2 is 1.83 bits per heavy atom. The predicted octanol–water partition coefficient (Wildman–Crippen LogP) is 3.69. The number of ether oxygens (including phenoxy) is 5. The van der Waals surface area contributed by atoms with Crippen molar-refractivity contribution in [1.82, 2.24) is 0 Å². The second kappa shape index (κ2) is 8.51. The van der Waals surface area contributed by atoms with Gasteiger partial charge in [-0.2, -0.15) is 0 Å². The molecule has 1 aromatic rings. The molecule has 0 amide bonds. The van der Waals surface area contributed by atoms with Crippen molar-refractivity contribution in [2.24, 2.45) is 0 Å². The first-order valence-corrected chi connectivity index (χ1v) is 9.84. The number of alkyl halides is 1. The fourth-order valence-corrected chi connectivity index (χ4v) is 3.89. The summed E-state index contributed by atoms with van der Waals surface area (Å²) in [6.07, 6.45) is 3.28. The van der Waals surface area contributed by atoms with Crippen LogP contribution in [-0.4, -0.2) is 56.0 Å². The van der Waals surface area contributed by atoms with Gasteiger partial charge in [-0.1, -0.05) is 12.2 Å². The van der Waals surface area contributed by atoms with Crippen LogP contribution in [0, 0.1) is 0 Å². The van der Waals surface area contributed by atoms with Crippen LogP contribution in [0.5, 0.6) is 11.5 Å². The highest BCUT2D eigenvalue weighted by Crippen LogP contribution is 2.48. The van der Waals surface area contributed by atoms with E-state index in [-0.39, 0.29) is 48.2 Å². The Bertz CT molecular complexity index is 905. The van der Waals surface area contributed by atoms with Crippen molar-refractivity contribution in [3.05, 3.63) is 47.6 Å². The van der Waals surface area contributed by atoms with Crippen LogP contribution in [0.4, 0.5) is 0 Å². The number of halogens is 1. The lowest BCUT2D eigenvalue weighted by molar-refractivity contribution is -0.103. The van der Waals surface area contributed by atoms with Crippen LogP contribution in [0.3, 0.4) is 0 Å². The molecular formula is C22H25ClO7. The van der Waals surface area contributed by atoms with Crippen molar-refractivity contribution in [2.75, 3.05) is 27.8 Å². The molecule has 0 spiro atoms. The van der Waals surface area contributed by atoms with Crippen molar-refractivity contribution < 1.29 is 33.3 Å². The van der Waals surface area contributed by atoms with Gasteiger partial charge in [0.1, 0.15) is 11.5 Å². The van der Waals surface area contributed by atoms with E-state index in [9.17, 15) is 9.59 Å². The van der Waals surface area contributed by atoms with Gasteiger partial charge in [0.15, 0.2) is 25.0 Å². The Morgan fingerprint density at radius 3 is 2.47 bits per heavy atom. The number of rotatable bonds is 8. The first-order chi connectivity index (χ1) is 14.2. The Labute approximate surface area is 180 Å². The third-order valence-corrected chi connectivity index (χ3v) is 5.77. The first-order valence-electron chi connectivity index (χ1n) is 9.40. The third kappa shape index (κ3) is 3.67. The molecule has 0 aromatic heterocycles. The Kier molecular flexibility index (Phi) is 6.38. The summed E-state index contributed by atoms with van der Waals surface area (Å²) in [7, 11) is 2.93. The molecule has 2 aliphatic rings. The molecule has 0 saturated carbocycles. The van der Waals surface area contributed by atoms with E-state index in [2.05, 4.69) is 6.58 Å². The van der Waals surface area contributed by atoms with E-state index in [1.54, 1.807) is 26.0 Å². The molecule has 0 N–H and O–H groups in total. The molecule has 162 valence electrons. The van der Waals surface area contributed by atoms with Gasteiger partial charge < -0.3 is 23.7 Å². The smallest absolute Gasteiger partial charge is 0.200 e. The second-order valence-corrected chi connectivity index (χ2v) is 8.08. The molecule has 1 aromatic carbocycles. The molecule has 2 atom stereocenters. The molecule has 0 bridgehead atoms. The summed E-state index contributed by atoms with van der Waals surface area (Å²) in [5.41, 5.74) is -1.94. The largest absolute Gasteiger partial charge is 0.467 e. The standard InChI is InChI=1S/C22H25ClO7/c1-6-7-22-15(10-17(23)21(2,3)30-22)19(24)18-14(20(22)25)8-13(28-11-26-4)9-16(18)29-12-27-5/h6,8-10,17H,1,7,11-12H2,2-5H3/t17-,22-/m1/s1. The van der Waals surface area contributed by atoms with Gasteiger partial charge in [0.25, 0.3) is 0 Å². The third-order valence-electron chi connectivity index (χ3n) is 5.12. The van der Waals surface area contributed by atoms with E-state index in [0.29, 0.717) is 5.75 Å². The highest BCUT2D eigenvalue weighted by Gasteiger charge is 2.57. The van der Waals surface area contributed by atoms with Crippen LogP contribution >= 0.6 is 11.6 Å². The lowest BCUT2D eigenvalue weighted by Gasteiger charge is -2.47. The van der Waals surface area contributed by atoms with Crippen molar-refractivity contribution >= 4 is 23.2 Å². The van der Waals surface area contributed by atoms with E-state index in [1.807, 2.05) is 0 Å². The van der Waals surface area contributed by atoms with Crippen LogP contribution < -0.4 is 9.47 Å². The SMILES string of the molecule is C=CC[C@@]12OC(C)(C)[C@H](Cl)C=C1C(=O)c1c(OCOC)cc(OCOC)cc1C2=O. The maximum Gasteiger partial charge on any atom is 0.200 e. The summed E-state index contributed by atoms with van der Waals surface area (Å²) in [6, 6.07) is 3.02. The van der Waals surface area contributed by atoms with Crippen molar-refractivity contribution in [3.8, 4) is 11.5 Å². The summed E-state index contributed by atoms with van der Waals surface area (Å²) >= 11 is 6.46. The Morgan fingerprint density at radius 1 is 1.17 bits per heavy atom. The maximum absolute atomic E-state index is 13.8. The van der Waals surface area contributed by atoms with Gasteiger partial charge in [0.2, 0.25) is 5.78 Å². The van der Waals surface area contributed by atoms with Crippen molar-refractivity contribution in [1.29, 1.82) is 0 Å². The Balaban J connectivity index is 2.25. The summed E-state index contributed by atoms with van der Waals surface area (Å²) in [5.74, 6) is -0.292. The number of fused-ring (bicyclic) bond motifs is 2. The van der Waals surface area contributed by atoms with Crippen LogP contribution in [-0.2, 0) is 14.2 Å². The van der Waals surface area contributed by atoms with Gasteiger partial charge in [0.05, 0.1) is 16.5 Å². The minimum absolute atomic E-state index is 0.0367. The molecule has 1 aliphatic carbocycles. The number of Topliss-reactive ketones (excluding diaryl/α,β-unsaturated/α-hetero) is 2. The molecule has 1 heterocycles. The molecule has 0 unspecified atom stereocenters. The average Bonchev–Trinajstić information content (AvgIpc) is 2.70. The first kappa shape index (κ1) is 22.5. The van der Waals surface area contributed by atoms with Crippen molar-refractivity contribution in [3.63, 3.8) is 0 Å². The minimum atomic E-state index is -1.51. The van der Waals surface area contributed by atoms with E-state index in [1.165, 1.54) is 26.4 Å². The quantitative estimate of drug-likeness (QED) is 0.349. The number of hydrogen-bond acceptors (Lipinski definition) is 7. The number of carbonyl (C=O) groups excluding carboxylic acids is 2. The number of benzene rings is 1. The zero-order valence-electron chi connectivity index (χ0n) is 17.5. The van der Waals surface area contributed by atoms with Crippen LogP contribution in [0.2, 0.25) is 0 Å². The summed E-state index contributed by atoms with van der Waals surface area (Å²) in [6.45, 7) is 7.16. The van der Waals surface area contributed by atoms with Crippen LogP contribution in [0.25, 0.3) is 0 Å². The normalized spacial score (nSPS) is 24.6. The zero-order valence-corrected chi connectivity index (χ0v) is 18.2. The van der Waals surface area contributed by atoms with E-state index in [0.717, 1.165) is 0 Å². The van der Waals surface area contributed by atoms with Gasteiger partial charge in [-0.3, -0.25) is 9.59 Å². The fraction of sp³-hybridized carbons (Fsp3) is 0.455. The van der Waals surface area contributed by atoms with Crippen LogP contribution in [0.1, 0.15) is 41.0 Å². The molecule has 0 saturated heterocycles. The van der Waals surface area contributed by atoms with Gasteiger partial charge in [-0.15, -0.1) is 18.2 Å². The van der Waals surface area contributed by atoms with E-state index in [4.69, 9.17) is 35.3 Å². The zero-order chi connectivity index (χ0) is 22.1. The summed E-state index contributed by atoms with van der Waals surface area (Å²) < 4.78 is 27.2. The molecule has 7 nitrogen and oxygen atoms in total. The number of carbonyl (C=O) groups is 2. The topological polar surface area (TPSA) is 80.3 Å². The molecule has 8 heteroatoms. The van der Waals surface area contributed by atoms with Gasteiger partial charge >= 0.3 is 0 Å². The predicted molar refractivity (Wildman–Crippen MR) is 111 cm³/mol. The van der Waals surface area contributed by atoms with Crippen LogP contribution in [0.15, 0.2) is 36.4 Å². The van der Waals surface area contributed by atoms with E-state index >= 15 is 0 Å². The number of hydrogen-bond donors (Lipinski definition) is 0. The summed E-state index contributed by atoms with van der Waals surface area (Å²) in [4.78, 5) is 27.3. The van der Waals surface area contributed by atoms with Gasteiger partial charge in [-0.05, 0) is 19.9 Å². The monoisotopic (exact) mass is 436 g/mol. The molecule has 0 fully saturated rings. The molecule has 3 rings (SSSR count).